The van der Waals surface area contributed by atoms with Crippen LogP contribution >= 0.6 is 0 Å². The second-order valence-electron chi connectivity index (χ2n) is 9.65. The molecule has 2 aliphatic rings. The van der Waals surface area contributed by atoms with Crippen LogP contribution in [0.4, 0.5) is 4.79 Å². The van der Waals surface area contributed by atoms with Crippen molar-refractivity contribution in [1.82, 2.24) is 25.3 Å². The summed E-state index contributed by atoms with van der Waals surface area (Å²) in [6.45, 7) is 10.4. The fourth-order valence-corrected chi connectivity index (χ4v) is 4.29. The first kappa shape index (κ1) is 22.6. The minimum atomic E-state index is -0.487. The largest absolute Gasteiger partial charge is 0.444 e. The van der Waals surface area contributed by atoms with Crippen LogP contribution in [0, 0.1) is 5.41 Å². The number of piperidine rings is 1. The summed E-state index contributed by atoms with van der Waals surface area (Å²) >= 11 is 0. The van der Waals surface area contributed by atoms with Crippen molar-refractivity contribution in [3.05, 3.63) is 18.0 Å². The molecule has 1 aromatic heterocycles. The summed E-state index contributed by atoms with van der Waals surface area (Å²) in [7, 11) is 0. The zero-order valence-electron chi connectivity index (χ0n) is 18.7. The number of carbonyl (C=O) groups excluding carboxylic acids is 2. The summed E-state index contributed by atoms with van der Waals surface area (Å²) in [6.07, 6.45) is 7.35. The van der Waals surface area contributed by atoms with Crippen molar-refractivity contribution in [2.45, 2.75) is 71.4 Å². The maximum atomic E-state index is 12.8. The molecule has 168 valence electrons. The molecule has 8 heteroatoms. The molecule has 0 atom stereocenters. The van der Waals surface area contributed by atoms with Gasteiger partial charge in [-0.2, -0.15) is 5.10 Å². The highest BCUT2D eigenvalue weighted by molar-refractivity contribution is 5.92. The molecule has 2 N–H and O–H groups in total. The normalized spacial score (nSPS) is 21.4. The molecule has 0 bridgehead atoms. The standard InChI is InChI=1S/C22H37N5O3/c1-21(2,3)30-20(29)26-15-9-22(10-16-26)8-6-12-23-11-4-5-14-27-18(7-13-25-27)19(28)24-17-22/h7,13,23H,4-6,8-12,14-17H2,1-3H3,(H,24,28). The van der Waals surface area contributed by atoms with Gasteiger partial charge < -0.3 is 20.3 Å². The van der Waals surface area contributed by atoms with Crippen molar-refractivity contribution < 1.29 is 14.3 Å². The SMILES string of the molecule is CC(C)(C)OC(=O)N1CCC2(CCCNCCCCn3nccc3C(=O)NC2)CC1. The van der Waals surface area contributed by atoms with Crippen molar-refractivity contribution in [2.24, 2.45) is 5.41 Å². The van der Waals surface area contributed by atoms with Gasteiger partial charge in [-0.05, 0) is 83.9 Å². The van der Waals surface area contributed by atoms with Crippen LogP contribution in [0.3, 0.4) is 0 Å². The van der Waals surface area contributed by atoms with E-state index in [1.54, 1.807) is 21.8 Å². The van der Waals surface area contributed by atoms with Gasteiger partial charge in [0.1, 0.15) is 11.3 Å². The summed E-state index contributed by atoms with van der Waals surface area (Å²) in [5, 5.41) is 11.0. The van der Waals surface area contributed by atoms with Crippen molar-refractivity contribution in [1.29, 1.82) is 0 Å². The Morgan fingerprint density at radius 1 is 1.10 bits per heavy atom. The smallest absolute Gasteiger partial charge is 0.410 e. The highest BCUT2D eigenvalue weighted by atomic mass is 16.6. The topological polar surface area (TPSA) is 88.5 Å². The van der Waals surface area contributed by atoms with Crippen LogP contribution in [0.25, 0.3) is 0 Å². The number of aryl methyl sites for hydroxylation is 1. The Bertz CT molecular complexity index is 717. The molecule has 1 fully saturated rings. The highest BCUT2D eigenvalue weighted by Gasteiger charge is 2.37. The Morgan fingerprint density at radius 3 is 2.57 bits per heavy atom. The van der Waals surface area contributed by atoms with E-state index in [1.165, 1.54) is 0 Å². The first-order valence-electron chi connectivity index (χ1n) is 11.3. The number of fused-ring (bicyclic) bond motifs is 1. The van der Waals surface area contributed by atoms with E-state index >= 15 is 0 Å². The van der Waals surface area contributed by atoms with E-state index in [4.69, 9.17) is 4.74 Å². The van der Waals surface area contributed by atoms with E-state index < -0.39 is 5.60 Å². The first-order valence-corrected chi connectivity index (χ1v) is 11.3. The van der Waals surface area contributed by atoms with Crippen molar-refractivity contribution in [3.8, 4) is 0 Å². The van der Waals surface area contributed by atoms with Gasteiger partial charge in [-0.1, -0.05) is 0 Å². The highest BCUT2D eigenvalue weighted by Crippen LogP contribution is 2.36. The van der Waals surface area contributed by atoms with Crippen LogP contribution < -0.4 is 10.6 Å². The number of nitrogens with one attached hydrogen (secondary N) is 2. The van der Waals surface area contributed by atoms with E-state index in [2.05, 4.69) is 15.7 Å². The lowest BCUT2D eigenvalue weighted by Crippen LogP contribution is -2.49. The summed E-state index contributed by atoms with van der Waals surface area (Å²) in [6, 6.07) is 1.79. The molecule has 8 nitrogen and oxygen atoms in total. The van der Waals surface area contributed by atoms with Crippen molar-refractivity contribution in [3.63, 3.8) is 0 Å². The Balaban J connectivity index is 1.65. The van der Waals surface area contributed by atoms with E-state index in [1.807, 2.05) is 20.8 Å². The quantitative estimate of drug-likeness (QED) is 0.675. The number of rotatable bonds is 0. The van der Waals surface area contributed by atoms with E-state index in [-0.39, 0.29) is 17.4 Å². The Kier molecular flexibility index (Phi) is 7.39. The first-order chi connectivity index (χ1) is 14.3. The van der Waals surface area contributed by atoms with Crippen LogP contribution in [0.5, 0.6) is 0 Å². The molecule has 3 rings (SSSR count). The molecule has 3 heterocycles. The number of likely N-dealkylation sites (tertiary alicyclic amines) is 1. The summed E-state index contributed by atoms with van der Waals surface area (Å²) in [5.41, 5.74) is 0.144. The molecule has 30 heavy (non-hydrogen) atoms. The van der Waals surface area contributed by atoms with Crippen LogP contribution in [0.2, 0.25) is 0 Å². The molecule has 0 aromatic carbocycles. The van der Waals surface area contributed by atoms with Crippen LogP contribution in [0.1, 0.15) is 69.8 Å². The minimum Gasteiger partial charge on any atom is -0.444 e. The number of hydrogen-bond donors (Lipinski definition) is 2. The lowest BCUT2D eigenvalue weighted by atomic mass is 9.74. The lowest BCUT2D eigenvalue weighted by molar-refractivity contribution is 0.00852. The Hall–Kier alpha value is -2.09. The van der Waals surface area contributed by atoms with Crippen LogP contribution in [-0.4, -0.2) is 65.0 Å². The summed E-state index contributed by atoms with van der Waals surface area (Å²) in [4.78, 5) is 27.1. The molecular formula is C22H37N5O3. The van der Waals surface area contributed by atoms with Gasteiger partial charge in [0.25, 0.3) is 5.91 Å². The molecule has 0 radical (unpaired) electrons. The van der Waals surface area contributed by atoms with Gasteiger partial charge in [0.2, 0.25) is 0 Å². The Labute approximate surface area is 179 Å². The van der Waals surface area contributed by atoms with Gasteiger partial charge >= 0.3 is 6.09 Å². The molecule has 0 unspecified atom stereocenters. The third-order valence-corrected chi connectivity index (χ3v) is 6.08. The number of ether oxygens (including phenoxy) is 1. The molecule has 0 aliphatic carbocycles. The summed E-state index contributed by atoms with van der Waals surface area (Å²) in [5.74, 6) is -0.0587. The fraction of sp³-hybridized carbons (Fsp3) is 0.773. The van der Waals surface area contributed by atoms with E-state index in [0.29, 0.717) is 25.3 Å². The van der Waals surface area contributed by atoms with Gasteiger partial charge in [0.05, 0.1) is 0 Å². The molecule has 2 aliphatic heterocycles. The predicted octanol–water partition coefficient (Wildman–Crippen LogP) is 2.79. The average molecular weight is 420 g/mol. The van der Waals surface area contributed by atoms with E-state index in [9.17, 15) is 9.59 Å². The third kappa shape index (κ3) is 6.20. The molecule has 1 saturated heterocycles. The fourth-order valence-electron chi connectivity index (χ4n) is 4.29. The molecular weight excluding hydrogens is 382 g/mol. The molecule has 1 spiro atoms. The van der Waals surface area contributed by atoms with Gasteiger partial charge in [0.15, 0.2) is 0 Å². The van der Waals surface area contributed by atoms with Gasteiger partial charge in [-0.3, -0.25) is 9.48 Å². The van der Waals surface area contributed by atoms with Crippen LogP contribution in [0.15, 0.2) is 12.3 Å². The number of aromatic nitrogens is 2. The maximum Gasteiger partial charge on any atom is 0.410 e. The molecule has 0 saturated carbocycles. The molecule has 1 aromatic rings. The lowest BCUT2D eigenvalue weighted by Gasteiger charge is -2.42. The second-order valence-corrected chi connectivity index (χ2v) is 9.65. The van der Waals surface area contributed by atoms with Gasteiger partial charge in [-0.15, -0.1) is 0 Å². The van der Waals surface area contributed by atoms with Crippen molar-refractivity contribution >= 4 is 12.0 Å². The van der Waals surface area contributed by atoms with Crippen LogP contribution in [-0.2, 0) is 11.3 Å². The number of nitrogens with zero attached hydrogens (tertiary/aromatic N) is 3. The number of amides is 2. The summed E-state index contributed by atoms with van der Waals surface area (Å²) < 4.78 is 7.34. The zero-order chi connectivity index (χ0) is 21.6. The average Bonchev–Trinajstić information content (AvgIpc) is 3.15. The van der Waals surface area contributed by atoms with E-state index in [0.717, 1.165) is 58.2 Å². The Morgan fingerprint density at radius 2 is 1.83 bits per heavy atom. The second kappa shape index (κ2) is 9.81. The number of hydrogen-bond acceptors (Lipinski definition) is 5. The predicted molar refractivity (Wildman–Crippen MR) is 115 cm³/mol. The minimum absolute atomic E-state index is 0.00478. The maximum absolute atomic E-state index is 12.8. The van der Waals surface area contributed by atoms with Gasteiger partial charge in [-0.25, -0.2) is 4.79 Å². The van der Waals surface area contributed by atoms with Gasteiger partial charge in [0, 0.05) is 32.4 Å². The third-order valence-electron chi connectivity index (χ3n) is 6.08. The molecule has 2 amide bonds. The zero-order valence-corrected chi connectivity index (χ0v) is 18.7. The monoisotopic (exact) mass is 419 g/mol. The number of carbonyl (C=O) groups is 2. The van der Waals surface area contributed by atoms with Crippen molar-refractivity contribution in [2.75, 3.05) is 32.7 Å².